The molecular formula is C24H21NO. The summed E-state index contributed by atoms with van der Waals surface area (Å²) in [7, 11) is 0. The van der Waals surface area contributed by atoms with Crippen molar-refractivity contribution in [1.29, 1.82) is 0 Å². The molecule has 3 aromatic rings. The van der Waals surface area contributed by atoms with Crippen molar-refractivity contribution in [3.63, 3.8) is 0 Å². The zero-order chi connectivity index (χ0) is 18.4. The predicted octanol–water partition coefficient (Wildman–Crippen LogP) is 5.95. The molecule has 1 heterocycles. The molecule has 2 aromatic carbocycles. The van der Waals surface area contributed by atoms with E-state index in [0.29, 0.717) is 6.42 Å². The average molecular weight is 339 g/mol. The molecule has 4 rings (SSSR count). The summed E-state index contributed by atoms with van der Waals surface area (Å²) in [5, 5.41) is 1.08. The molecular weight excluding hydrogens is 318 g/mol. The predicted molar refractivity (Wildman–Crippen MR) is 110 cm³/mol. The molecule has 0 saturated carbocycles. The topological polar surface area (TPSA) is 32.9 Å². The van der Waals surface area contributed by atoms with Crippen molar-refractivity contribution in [3.05, 3.63) is 89.6 Å². The standard InChI is InChI=1S/C24H21NO/c1-14(2)17-9-11-18(12-10-17)22-15(3)13-21(26)24(22)23-16(4)25-20-8-6-5-7-19(20)23/h5-12,25H,1,3,13H2,2,4H3. The number of carbonyl (C=O) groups excluding carboxylic acids is 1. The SMILES string of the molecule is C=C1CC(=O)C(c2c(C)[nH]c3ccccc23)=C1c1ccc(C(=C)C)cc1. The van der Waals surface area contributed by atoms with Gasteiger partial charge in [0.1, 0.15) is 0 Å². The van der Waals surface area contributed by atoms with Crippen LogP contribution in [-0.4, -0.2) is 10.8 Å². The summed E-state index contributed by atoms with van der Waals surface area (Å²) in [5.74, 6) is 0.141. The number of aromatic nitrogens is 1. The van der Waals surface area contributed by atoms with E-state index in [1.54, 1.807) is 0 Å². The number of allylic oxidation sites excluding steroid dienone is 4. The third-order valence-electron chi connectivity index (χ3n) is 5.07. The number of ketones is 1. The largest absolute Gasteiger partial charge is 0.358 e. The van der Waals surface area contributed by atoms with Crippen molar-refractivity contribution in [3.8, 4) is 0 Å². The number of nitrogens with one attached hydrogen (secondary N) is 1. The second-order valence-electron chi connectivity index (χ2n) is 6.98. The Morgan fingerprint density at radius 3 is 2.42 bits per heavy atom. The van der Waals surface area contributed by atoms with Crippen LogP contribution in [0.1, 0.15) is 35.7 Å². The first-order valence-corrected chi connectivity index (χ1v) is 8.77. The first-order chi connectivity index (χ1) is 12.5. The molecule has 1 aliphatic carbocycles. The lowest BCUT2D eigenvalue weighted by Crippen LogP contribution is -1.97. The number of hydrogen-bond acceptors (Lipinski definition) is 1. The lowest BCUT2D eigenvalue weighted by molar-refractivity contribution is -0.112. The van der Waals surface area contributed by atoms with E-state index >= 15 is 0 Å². The summed E-state index contributed by atoms with van der Waals surface area (Å²) in [4.78, 5) is 16.3. The molecule has 0 bridgehead atoms. The maximum absolute atomic E-state index is 12.9. The number of fused-ring (bicyclic) bond motifs is 1. The maximum Gasteiger partial charge on any atom is 0.168 e. The number of rotatable bonds is 3. The number of H-pyrrole nitrogens is 1. The van der Waals surface area contributed by atoms with E-state index in [1.165, 1.54) is 0 Å². The van der Waals surface area contributed by atoms with Gasteiger partial charge in [-0.2, -0.15) is 0 Å². The molecule has 0 radical (unpaired) electrons. The van der Waals surface area contributed by atoms with Crippen LogP contribution < -0.4 is 0 Å². The number of hydrogen-bond donors (Lipinski definition) is 1. The lowest BCUT2D eigenvalue weighted by atomic mass is 9.92. The Morgan fingerprint density at radius 1 is 1.04 bits per heavy atom. The van der Waals surface area contributed by atoms with Crippen molar-refractivity contribution < 1.29 is 4.79 Å². The minimum atomic E-state index is 0.141. The number of Topliss-reactive ketones (excluding diaryl/α,β-unsaturated/α-hetero) is 1. The molecule has 0 spiro atoms. The third kappa shape index (κ3) is 2.46. The Kier molecular flexibility index (Phi) is 3.77. The zero-order valence-corrected chi connectivity index (χ0v) is 15.1. The minimum Gasteiger partial charge on any atom is -0.358 e. The zero-order valence-electron chi connectivity index (χ0n) is 15.1. The summed E-state index contributed by atoms with van der Waals surface area (Å²) in [6.07, 6.45) is 0.381. The highest BCUT2D eigenvalue weighted by atomic mass is 16.1. The fourth-order valence-corrected chi connectivity index (χ4v) is 3.82. The van der Waals surface area contributed by atoms with Gasteiger partial charge in [-0.15, -0.1) is 0 Å². The van der Waals surface area contributed by atoms with E-state index in [4.69, 9.17) is 0 Å². The van der Waals surface area contributed by atoms with Gasteiger partial charge in [-0.25, -0.2) is 0 Å². The highest BCUT2D eigenvalue weighted by Gasteiger charge is 2.31. The van der Waals surface area contributed by atoms with Crippen LogP contribution in [0.3, 0.4) is 0 Å². The van der Waals surface area contributed by atoms with Crippen molar-refractivity contribution in [2.45, 2.75) is 20.3 Å². The Labute approximate surface area is 153 Å². The first kappa shape index (κ1) is 16.3. The van der Waals surface area contributed by atoms with Crippen molar-refractivity contribution >= 4 is 33.4 Å². The van der Waals surface area contributed by atoms with Gasteiger partial charge in [-0.1, -0.05) is 61.2 Å². The van der Waals surface area contributed by atoms with Crippen LogP contribution in [0, 0.1) is 6.92 Å². The van der Waals surface area contributed by atoms with Gasteiger partial charge in [0.05, 0.1) is 0 Å². The van der Waals surface area contributed by atoms with Gasteiger partial charge in [0.15, 0.2) is 5.78 Å². The van der Waals surface area contributed by atoms with Crippen LogP contribution >= 0.6 is 0 Å². The van der Waals surface area contributed by atoms with E-state index < -0.39 is 0 Å². The molecule has 1 aliphatic rings. The first-order valence-electron chi connectivity index (χ1n) is 8.77. The highest BCUT2D eigenvalue weighted by Crippen LogP contribution is 2.43. The molecule has 1 N–H and O–H groups in total. The average Bonchev–Trinajstić information content (AvgIpc) is 3.09. The molecule has 26 heavy (non-hydrogen) atoms. The quantitative estimate of drug-likeness (QED) is 0.628. The highest BCUT2D eigenvalue weighted by molar-refractivity contribution is 6.37. The smallest absolute Gasteiger partial charge is 0.168 e. The number of para-hydroxylation sites is 1. The summed E-state index contributed by atoms with van der Waals surface area (Å²) < 4.78 is 0. The van der Waals surface area contributed by atoms with Gasteiger partial charge in [-0.3, -0.25) is 4.79 Å². The molecule has 0 aliphatic heterocycles. The van der Waals surface area contributed by atoms with Crippen molar-refractivity contribution in [2.24, 2.45) is 0 Å². The van der Waals surface area contributed by atoms with Gasteiger partial charge in [-0.05, 0) is 42.2 Å². The van der Waals surface area contributed by atoms with E-state index in [9.17, 15) is 4.79 Å². The van der Waals surface area contributed by atoms with E-state index in [2.05, 4.69) is 48.5 Å². The number of benzene rings is 2. The molecule has 0 unspecified atom stereocenters. The maximum atomic E-state index is 12.9. The molecule has 2 heteroatoms. The van der Waals surface area contributed by atoms with Gasteiger partial charge in [0.2, 0.25) is 0 Å². The number of aromatic amines is 1. The van der Waals surface area contributed by atoms with E-state index in [0.717, 1.165) is 55.6 Å². The Hall–Kier alpha value is -3.13. The summed E-state index contributed by atoms with van der Waals surface area (Å²) in [6, 6.07) is 16.4. The van der Waals surface area contributed by atoms with Crippen molar-refractivity contribution in [1.82, 2.24) is 4.98 Å². The van der Waals surface area contributed by atoms with E-state index in [-0.39, 0.29) is 5.78 Å². The van der Waals surface area contributed by atoms with Gasteiger partial charge in [0, 0.05) is 34.2 Å². The van der Waals surface area contributed by atoms with Crippen LogP contribution in [0.25, 0.3) is 27.6 Å². The molecule has 1 aromatic heterocycles. The number of aryl methyl sites for hydroxylation is 1. The molecule has 0 amide bonds. The number of carbonyl (C=O) groups is 1. The van der Waals surface area contributed by atoms with Gasteiger partial charge < -0.3 is 4.98 Å². The van der Waals surface area contributed by atoms with Crippen LogP contribution in [0.15, 0.2) is 67.3 Å². The monoisotopic (exact) mass is 339 g/mol. The normalized spacial score (nSPS) is 14.5. The fraction of sp³-hybridized carbons (Fsp3) is 0.125. The summed E-state index contributed by atoms with van der Waals surface area (Å²) in [5.41, 5.74) is 8.87. The molecule has 2 nitrogen and oxygen atoms in total. The molecule has 0 saturated heterocycles. The van der Waals surface area contributed by atoms with Gasteiger partial charge in [0.25, 0.3) is 0 Å². The van der Waals surface area contributed by atoms with Crippen LogP contribution in [0.2, 0.25) is 0 Å². The summed E-state index contributed by atoms with van der Waals surface area (Å²) >= 11 is 0. The molecule has 0 fully saturated rings. The van der Waals surface area contributed by atoms with E-state index in [1.807, 2.05) is 32.0 Å². The Morgan fingerprint density at radius 2 is 1.73 bits per heavy atom. The van der Waals surface area contributed by atoms with Crippen LogP contribution in [-0.2, 0) is 4.79 Å². The van der Waals surface area contributed by atoms with Gasteiger partial charge >= 0.3 is 0 Å². The molecule has 128 valence electrons. The summed E-state index contributed by atoms with van der Waals surface area (Å²) in [6.45, 7) is 12.2. The minimum absolute atomic E-state index is 0.141. The Bertz CT molecular complexity index is 1110. The van der Waals surface area contributed by atoms with Crippen molar-refractivity contribution in [2.75, 3.05) is 0 Å². The van der Waals surface area contributed by atoms with Crippen LogP contribution in [0.5, 0.6) is 0 Å². The lowest BCUT2D eigenvalue weighted by Gasteiger charge is -2.10. The Balaban J connectivity index is 1.98. The second-order valence-corrected chi connectivity index (χ2v) is 6.98. The molecule has 0 atom stereocenters. The fourth-order valence-electron chi connectivity index (χ4n) is 3.82. The third-order valence-corrected chi connectivity index (χ3v) is 5.07. The second kappa shape index (κ2) is 5.99. The van der Waals surface area contributed by atoms with Crippen LogP contribution in [0.4, 0.5) is 0 Å².